The number of urea groups is 1. The highest BCUT2D eigenvalue weighted by atomic mass is 16.3. The molecule has 0 radical (unpaired) electrons. The number of pyridine rings is 1. The maximum absolute atomic E-state index is 12.2. The third-order valence-electron chi connectivity index (χ3n) is 4.04. The van der Waals surface area contributed by atoms with Gasteiger partial charge in [0, 0.05) is 19.8 Å². The highest BCUT2D eigenvalue weighted by Gasteiger charge is 2.31. The van der Waals surface area contributed by atoms with Gasteiger partial charge in [0.2, 0.25) is 0 Å². The molecule has 0 aromatic carbocycles. The molecule has 2 aromatic rings. The van der Waals surface area contributed by atoms with Crippen molar-refractivity contribution in [3.8, 4) is 0 Å². The molecule has 0 bridgehead atoms. The normalized spacial score (nSPS) is 17.2. The van der Waals surface area contributed by atoms with Gasteiger partial charge in [-0.05, 0) is 37.8 Å². The first-order valence-corrected chi connectivity index (χ1v) is 7.55. The van der Waals surface area contributed by atoms with Gasteiger partial charge in [-0.1, -0.05) is 6.07 Å². The molecule has 2 atom stereocenters. The SMILES string of the molecule is CC(NC(=O)N(C)CC(O)C1CC1)c1nnc2ccccn12. The quantitative estimate of drug-likeness (QED) is 0.869. The number of rotatable bonds is 5. The Morgan fingerprint density at radius 3 is 3.00 bits per heavy atom. The third kappa shape index (κ3) is 3.04. The number of nitrogens with zero attached hydrogens (tertiary/aromatic N) is 4. The van der Waals surface area contributed by atoms with Gasteiger partial charge in [-0.3, -0.25) is 4.40 Å². The van der Waals surface area contributed by atoms with Gasteiger partial charge in [0.1, 0.15) is 0 Å². The lowest BCUT2D eigenvalue weighted by molar-refractivity contribution is 0.112. The van der Waals surface area contributed by atoms with Crippen LogP contribution in [0.5, 0.6) is 0 Å². The van der Waals surface area contributed by atoms with Crippen LogP contribution in [0.15, 0.2) is 24.4 Å². The van der Waals surface area contributed by atoms with Gasteiger partial charge in [0.15, 0.2) is 11.5 Å². The number of nitrogens with one attached hydrogen (secondary N) is 1. The molecule has 7 nitrogen and oxygen atoms in total. The van der Waals surface area contributed by atoms with E-state index in [0.717, 1.165) is 18.5 Å². The molecule has 22 heavy (non-hydrogen) atoms. The third-order valence-corrected chi connectivity index (χ3v) is 4.04. The predicted molar refractivity (Wildman–Crippen MR) is 81.3 cm³/mol. The van der Waals surface area contributed by atoms with Crippen molar-refractivity contribution in [2.45, 2.75) is 31.9 Å². The molecule has 1 aliphatic rings. The van der Waals surface area contributed by atoms with Gasteiger partial charge in [-0.25, -0.2) is 4.79 Å². The Bertz CT molecular complexity index is 667. The van der Waals surface area contributed by atoms with Crippen LogP contribution in [0.4, 0.5) is 4.79 Å². The van der Waals surface area contributed by atoms with E-state index in [4.69, 9.17) is 0 Å². The number of likely N-dealkylation sites (N-methyl/N-ethyl adjacent to an activating group) is 1. The molecular weight excluding hydrogens is 282 g/mol. The number of aliphatic hydroxyl groups excluding tert-OH is 1. The molecule has 2 aromatic heterocycles. The average Bonchev–Trinajstić information content (AvgIpc) is 3.26. The number of carbonyl (C=O) groups excluding carboxylic acids is 1. The van der Waals surface area contributed by atoms with Gasteiger partial charge in [0.25, 0.3) is 0 Å². The number of aliphatic hydroxyl groups is 1. The van der Waals surface area contributed by atoms with Crippen molar-refractivity contribution >= 4 is 11.7 Å². The lowest BCUT2D eigenvalue weighted by Crippen LogP contribution is -2.43. The first kappa shape index (κ1) is 14.8. The van der Waals surface area contributed by atoms with Crippen LogP contribution in [0.1, 0.15) is 31.6 Å². The summed E-state index contributed by atoms with van der Waals surface area (Å²) in [5.41, 5.74) is 0.746. The fraction of sp³-hybridized carbons (Fsp3) is 0.533. The molecule has 2 heterocycles. The van der Waals surface area contributed by atoms with Gasteiger partial charge >= 0.3 is 6.03 Å². The van der Waals surface area contributed by atoms with E-state index in [1.165, 1.54) is 4.90 Å². The van der Waals surface area contributed by atoms with Crippen molar-refractivity contribution in [2.75, 3.05) is 13.6 Å². The smallest absolute Gasteiger partial charge is 0.317 e. The van der Waals surface area contributed by atoms with E-state index in [9.17, 15) is 9.90 Å². The van der Waals surface area contributed by atoms with E-state index in [-0.39, 0.29) is 12.1 Å². The molecule has 1 saturated carbocycles. The lowest BCUT2D eigenvalue weighted by Gasteiger charge is -2.23. The molecule has 1 fully saturated rings. The summed E-state index contributed by atoms with van der Waals surface area (Å²) in [6, 6.07) is 5.16. The summed E-state index contributed by atoms with van der Waals surface area (Å²) in [5, 5.41) is 21.0. The van der Waals surface area contributed by atoms with Gasteiger partial charge in [-0.15, -0.1) is 10.2 Å². The Labute approximate surface area is 129 Å². The van der Waals surface area contributed by atoms with Crippen molar-refractivity contribution in [1.82, 2.24) is 24.8 Å². The van der Waals surface area contributed by atoms with Crippen LogP contribution < -0.4 is 5.32 Å². The molecule has 7 heteroatoms. The molecule has 2 unspecified atom stereocenters. The van der Waals surface area contributed by atoms with Gasteiger partial charge in [0.05, 0.1) is 12.1 Å². The Morgan fingerprint density at radius 2 is 2.27 bits per heavy atom. The monoisotopic (exact) mass is 303 g/mol. The minimum absolute atomic E-state index is 0.222. The summed E-state index contributed by atoms with van der Waals surface area (Å²) < 4.78 is 1.85. The first-order valence-electron chi connectivity index (χ1n) is 7.55. The highest BCUT2D eigenvalue weighted by molar-refractivity contribution is 5.74. The number of fused-ring (bicyclic) bond motifs is 1. The van der Waals surface area contributed by atoms with Crippen molar-refractivity contribution in [2.24, 2.45) is 5.92 Å². The topological polar surface area (TPSA) is 82.8 Å². The zero-order valence-corrected chi connectivity index (χ0v) is 12.8. The van der Waals surface area contributed by atoms with Crippen LogP contribution in [0.25, 0.3) is 5.65 Å². The maximum Gasteiger partial charge on any atom is 0.317 e. The molecule has 2 N–H and O–H groups in total. The zero-order chi connectivity index (χ0) is 15.7. The summed E-state index contributed by atoms with van der Waals surface area (Å²) >= 11 is 0. The summed E-state index contributed by atoms with van der Waals surface area (Å²) in [7, 11) is 1.69. The number of hydrogen-bond acceptors (Lipinski definition) is 4. The van der Waals surface area contributed by atoms with E-state index in [1.54, 1.807) is 7.05 Å². The van der Waals surface area contributed by atoms with Crippen LogP contribution in [-0.4, -0.2) is 50.3 Å². The predicted octanol–water partition coefficient (Wildman–Crippen LogP) is 1.20. The van der Waals surface area contributed by atoms with Crippen LogP contribution >= 0.6 is 0 Å². The molecule has 0 spiro atoms. The van der Waals surface area contributed by atoms with Crippen molar-refractivity contribution in [1.29, 1.82) is 0 Å². The van der Waals surface area contributed by atoms with Crippen molar-refractivity contribution < 1.29 is 9.90 Å². The van der Waals surface area contributed by atoms with Crippen LogP contribution in [-0.2, 0) is 0 Å². The standard InChI is InChI=1S/C15H21N5O2/c1-10(14-18-17-13-5-3-4-8-20(13)14)16-15(22)19(2)9-12(21)11-6-7-11/h3-5,8,10-12,21H,6-7,9H2,1-2H3,(H,16,22). The fourth-order valence-corrected chi connectivity index (χ4v) is 2.51. The molecule has 1 aliphatic carbocycles. The van der Waals surface area contributed by atoms with Crippen molar-refractivity contribution in [3.05, 3.63) is 30.2 Å². The number of aromatic nitrogens is 3. The van der Waals surface area contributed by atoms with E-state index in [0.29, 0.717) is 18.3 Å². The molecule has 0 saturated heterocycles. The Morgan fingerprint density at radius 1 is 1.50 bits per heavy atom. The van der Waals surface area contributed by atoms with E-state index in [2.05, 4.69) is 15.5 Å². The van der Waals surface area contributed by atoms with E-state index >= 15 is 0 Å². The van der Waals surface area contributed by atoms with Crippen LogP contribution in [0, 0.1) is 5.92 Å². The Hall–Kier alpha value is -2.15. The highest BCUT2D eigenvalue weighted by Crippen LogP contribution is 2.32. The molecule has 2 amide bonds. The van der Waals surface area contributed by atoms with Gasteiger partial charge < -0.3 is 15.3 Å². The summed E-state index contributed by atoms with van der Waals surface area (Å²) in [6.45, 7) is 2.22. The fourth-order valence-electron chi connectivity index (χ4n) is 2.51. The summed E-state index contributed by atoms with van der Waals surface area (Å²) in [4.78, 5) is 13.7. The zero-order valence-electron chi connectivity index (χ0n) is 12.8. The average molecular weight is 303 g/mol. The molecular formula is C15H21N5O2. The summed E-state index contributed by atoms with van der Waals surface area (Å²) in [6.07, 6.45) is 3.55. The van der Waals surface area contributed by atoms with Crippen LogP contribution in [0.2, 0.25) is 0 Å². The first-order chi connectivity index (χ1) is 10.6. The largest absolute Gasteiger partial charge is 0.391 e. The van der Waals surface area contributed by atoms with E-state index in [1.807, 2.05) is 35.7 Å². The number of hydrogen-bond donors (Lipinski definition) is 2. The lowest BCUT2D eigenvalue weighted by atomic mass is 10.2. The second-order valence-electron chi connectivity index (χ2n) is 5.94. The number of amides is 2. The second-order valence-corrected chi connectivity index (χ2v) is 5.94. The van der Waals surface area contributed by atoms with E-state index < -0.39 is 6.10 Å². The van der Waals surface area contributed by atoms with Gasteiger partial charge in [-0.2, -0.15) is 0 Å². The minimum Gasteiger partial charge on any atom is -0.391 e. The summed E-state index contributed by atoms with van der Waals surface area (Å²) in [5.74, 6) is 1.04. The molecule has 0 aliphatic heterocycles. The molecule has 118 valence electrons. The second kappa shape index (κ2) is 5.92. The van der Waals surface area contributed by atoms with Crippen LogP contribution in [0.3, 0.4) is 0 Å². The minimum atomic E-state index is -0.431. The van der Waals surface area contributed by atoms with Crippen molar-refractivity contribution in [3.63, 3.8) is 0 Å². The molecule has 3 rings (SSSR count). The number of carbonyl (C=O) groups is 1. The Balaban J connectivity index is 1.62. The maximum atomic E-state index is 12.2. The Kier molecular flexibility index (Phi) is 3.98.